The Balaban J connectivity index is 1.71. The number of benzene rings is 1. The van der Waals surface area contributed by atoms with Crippen LogP contribution in [0.15, 0.2) is 34.9 Å². The Morgan fingerprint density at radius 3 is 2.65 bits per heavy atom. The summed E-state index contributed by atoms with van der Waals surface area (Å²) in [6.07, 6.45) is 2.75. The molecule has 2 aromatic rings. The van der Waals surface area contributed by atoms with E-state index in [1.807, 2.05) is 41.8 Å². The average Bonchev–Trinajstić information content (AvgIpc) is 3.46. The maximum absolute atomic E-state index is 12.5. The molecule has 4 rings (SSSR count). The van der Waals surface area contributed by atoms with Gasteiger partial charge in [0.1, 0.15) is 5.69 Å². The van der Waals surface area contributed by atoms with E-state index in [0.717, 1.165) is 60.1 Å². The molecule has 0 spiro atoms. The fourth-order valence-corrected chi connectivity index (χ4v) is 4.36. The van der Waals surface area contributed by atoms with Gasteiger partial charge in [-0.1, -0.05) is 42.4 Å². The van der Waals surface area contributed by atoms with Gasteiger partial charge in [-0.3, -0.25) is 4.79 Å². The van der Waals surface area contributed by atoms with Gasteiger partial charge in [0.25, 0.3) is 0 Å². The fourth-order valence-electron chi connectivity index (χ4n) is 3.46. The third-order valence-electron chi connectivity index (χ3n) is 5.05. The van der Waals surface area contributed by atoms with Crippen molar-refractivity contribution in [2.24, 2.45) is 0 Å². The molecule has 6 heteroatoms. The Hall–Kier alpha value is -1.95. The van der Waals surface area contributed by atoms with Crippen LogP contribution in [0, 0.1) is 0 Å². The molecule has 1 aromatic heterocycles. The SMILES string of the molecule is CCC(=O)N(Cc1c(-c2ccccc2)noc1N1CCSCC1)C1CC1. The molecule has 1 aliphatic heterocycles. The molecule has 1 saturated carbocycles. The summed E-state index contributed by atoms with van der Waals surface area (Å²) in [4.78, 5) is 16.8. The van der Waals surface area contributed by atoms with E-state index in [1.165, 1.54) is 0 Å². The van der Waals surface area contributed by atoms with Crippen molar-refractivity contribution in [2.75, 3.05) is 29.5 Å². The zero-order valence-electron chi connectivity index (χ0n) is 15.2. The molecule has 0 bridgehead atoms. The summed E-state index contributed by atoms with van der Waals surface area (Å²) in [7, 11) is 0. The highest BCUT2D eigenvalue weighted by Crippen LogP contribution is 2.36. The normalized spacial score (nSPS) is 17.3. The minimum Gasteiger partial charge on any atom is -0.339 e. The second-order valence-electron chi connectivity index (χ2n) is 6.89. The molecule has 0 unspecified atom stereocenters. The van der Waals surface area contributed by atoms with Gasteiger partial charge < -0.3 is 14.3 Å². The molecule has 1 amide bonds. The maximum atomic E-state index is 12.5. The summed E-state index contributed by atoms with van der Waals surface area (Å²) in [6, 6.07) is 10.5. The van der Waals surface area contributed by atoms with E-state index in [2.05, 4.69) is 22.2 Å². The van der Waals surface area contributed by atoms with E-state index in [1.54, 1.807) is 0 Å². The molecule has 0 N–H and O–H groups in total. The quantitative estimate of drug-likeness (QED) is 0.773. The number of anilines is 1. The van der Waals surface area contributed by atoms with Crippen LogP contribution in [0.4, 0.5) is 5.88 Å². The fraction of sp³-hybridized carbons (Fsp3) is 0.500. The van der Waals surface area contributed by atoms with Crippen molar-refractivity contribution in [1.82, 2.24) is 10.1 Å². The highest BCUT2D eigenvalue weighted by atomic mass is 32.2. The highest BCUT2D eigenvalue weighted by molar-refractivity contribution is 7.99. The van der Waals surface area contributed by atoms with Gasteiger partial charge in [-0.05, 0) is 12.8 Å². The van der Waals surface area contributed by atoms with Crippen LogP contribution in [-0.2, 0) is 11.3 Å². The first-order valence-corrected chi connectivity index (χ1v) is 10.6. The number of rotatable bonds is 6. The van der Waals surface area contributed by atoms with E-state index in [-0.39, 0.29) is 5.91 Å². The lowest BCUT2D eigenvalue weighted by molar-refractivity contribution is -0.132. The molecule has 1 aromatic carbocycles. The standard InChI is InChI=1S/C20H25N3O2S/c1-2-18(24)23(16-8-9-16)14-17-19(15-6-4-3-5-7-15)21-25-20(17)22-10-12-26-13-11-22/h3-7,16H,2,8-14H2,1H3. The maximum Gasteiger partial charge on any atom is 0.232 e. The van der Waals surface area contributed by atoms with Crippen LogP contribution < -0.4 is 4.90 Å². The molecule has 138 valence electrons. The monoisotopic (exact) mass is 371 g/mol. The van der Waals surface area contributed by atoms with Gasteiger partial charge in [-0.25, -0.2) is 0 Å². The molecule has 1 aliphatic carbocycles. The third-order valence-corrected chi connectivity index (χ3v) is 5.99. The van der Waals surface area contributed by atoms with Gasteiger partial charge in [-0.2, -0.15) is 11.8 Å². The third kappa shape index (κ3) is 3.61. The Kier molecular flexibility index (Phi) is 5.20. The highest BCUT2D eigenvalue weighted by Gasteiger charge is 2.34. The minimum absolute atomic E-state index is 0.216. The van der Waals surface area contributed by atoms with Gasteiger partial charge in [0.05, 0.1) is 12.1 Å². The van der Waals surface area contributed by atoms with Crippen LogP contribution in [0.3, 0.4) is 0 Å². The Morgan fingerprint density at radius 1 is 1.27 bits per heavy atom. The molecule has 0 radical (unpaired) electrons. The number of amides is 1. The van der Waals surface area contributed by atoms with Crippen LogP contribution in [0.25, 0.3) is 11.3 Å². The van der Waals surface area contributed by atoms with Gasteiger partial charge in [0, 0.05) is 42.6 Å². The summed E-state index contributed by atoms with van der Waals surface area (Å²) in [5.74, 6) is 3.26. The van der Waals surface area contributed by atoms with E-state index < -0.39 is 0 Å². The number of aromatic nitrogens is 1. The minimum atomic E-state index is 0.216. The van der Waals surface area contributed by atoms with E-state index in [4.69, 9.17) is 4.52 Å². The number of thioether (sulfide) groups is 1. The van der Waals surface area contributed by atoms with Crippen LogP contribution in [-0.4, -0.2) is 46.6 Å². The van der Waals surface area contributed by atoms with Crippen LogP contribution in [0.5, 0.6) is 0 Å². The summed E-state index contributed by atoms with van der Waals surface area (Å²) in [6.45, 7) is 4.45. The topological polar surface area (TPSA) is 49.6 Å². The van der Waals surface area contributed by atoms with Crippen molar-refractivity contribution in [1.29, 1.82) is 0 Å². The van der Waals surface area contributed by atoms with Crippen molar-refractivity contribution < 1.29 is 9.32 Å². The molecule has 2 fully saturated rings. The first kappa shape index (κ1) is 17.5. The van der Waals surface area contributed by atoms with Crippen molar-refractivity contribution in [2.45, 2.75) is 38.8 Å². The second-order valence-corrected chi connectivity index (χ2v) is 8.11. The van der Waals surface area contributed by atoms with Gasteiger partial charge in [0.15, 0.2) is 0 Å². The number of carbonyl (C=O) groups is 1. The average molecular weight is 372 g/mol. The summed E-state index contributed by atoms with van der Waals surface area (Å²) < 4.78 is 5.83. The molecule has 5 nitrogen and oxygen atoms in total. The van der Waals surface area contributed by atoms with Crippen LogP contribution in [0.2, 0.25) is 0 Å². The zero-order chi connectivity index (χ0) is 17.9. The lowest BCUT2D eigenvalue weighted by Gasteiger charge is -2.28. The number of hydrogen-bond acceptors (Lipinski definition) is 5. The second kappa shape index (κ2) is 7.74. The van der Waals surface area contributed by atoms with Gasteiger partial charge in [-0.15, -0.1) is 0 Å². The van der Waals surface area contributed by atoms with Crippen molar-refractivity contribution in [3.05, 3.63) is 35.9 Å². The number of carbonyl (C=O) groups excluding carboxylic acids is 1. The lowest BCUT2D eigenvalue weighted by Crippen LogP contribution is -2.35. The predicted molar refractivity (Wildman–Crippen MR) is 105 cm³/mol. The van der Waals surface area contributed by atoms with E-state index >= 15 is 0 Å². The molecule has 1 saturated heterocycles. The smallest absolute Gasteiger partial charge is 0.232 e. The number of nitrogens with zero attached hydrogens (tertiary/aromatic N) is 3. The summed E-state index contributed by atoms with van der Waals surface area (Å²) in [5.41, 5.74) is 2.97. The first-order chi connectivity index (χ1) is 12.8. The number of hydrogen-bond donors (Lipinski definition) is 0. The van der Waals surface area contributed by atoms with Crippen molar-refractivity contribution in [3.63, 3.8) is 0 Å². The molecule has 26 heavy (non-hydrogen) atoms. The largest absolute Gasteiger partial charge is 0.339 e. The molecular weight excluding hydrogens is 346 g/mol. The van der Waals surface area contributed by atoms with Gasteiger partial charge in [0.2, 0.25) is 11.8 Å². The molecule has 2 aliphatic rings. The predicted octanol–water partition coefficient (Wildman–Crippen LogP) is 3.80. The van der Waals surface area contributed by atoms with Crippen molar-refractivity contribution in [3.8, 4) is 11.3 Å². The Bertz CT molecular complexity index is 752. The summed E-state index contributed by atoms with van der Waals surface area (Å²) >= 11 is 1.97. The lowest BCUT2D eigenvalue weighted by atomic mass is 10.1. The molecule has 0 atom stereocenters. The molecular formula is C20H25N3O2S. The van der Waals surface area contributed by atoms with Crippen LogP contribution >= 0.6 is 11.8 Å². The summed E-state index contributed by atoms with van der Waals surface area (Å²) in [5, 5.41) is 4.42. The zero-order valence-corrected chi connectivity index (χ0v) is 16.0. The van der Waals surface area contributed by atoms with E-state index in [9.17, 15) is 4.79 Å². The van der Waals surface area contributed by atoms with E-state index in [0.29, 0.717) is 19.0 Å². The van der Waals surface area contributed by atoms with Crippen LogP contribution in [0.1, 0.15) is 31.7 Å². The van der Waals surface area contributed by atoms with Crippen molar-refractivity contribution >= 4 is 23.6 Å². The first-order valence-electron chi connectivity index (χ1n) is 9.44. The van der Waals surface area contributed by atoms with Gasteiger partial charge >= 0.3 is 0 Å². The Morgan fingerprint density at radius 2 is 2.00 bits per heavy atom. The Labute approximate surface area is 158 Å². The molecule has 2 heterocycles.